The summed E-state index contributed by atoms with van der Waals surface area (Å²) in [5.74, 6) is -2.84. The van der Waals surface area contributed by atoms with Crippen molar-refractivity contribution in [1.29, 1.82) is 0 Å². The Hall–Kier alpha value is -1.44. The van der Waals surface area contributed by atoms with Gasteiger partial charge in [-0.15, -0.1) is 0 Å². The van der Waals surface area contributed by atoms with Gasteiger partial charge in [0, 0.05) is 24.9 Å². The fourth-order valence-electron chi connectivity index (χ4n) is 4.83. The quantitative estimate of drug-likeness (QED) is 0.549. The van der Waals surface area contributed by atoms with Crippen LogP contribution in [-0.4, -0.2) is 73.9 Å². The maximum atomic E-state index is 12.8. The Kier molecular flexibility index (Phi) is 3.71. The highest BCUT2D eigenvalue weighted by atomic mass is 16.5. The monoisotopic (exact) mass is 336 g/mol. The number of carbonyl (C=O) groups excluding carboxylic acids is 2. The summed E-state index contributed by atoms with van der Waals surface area (Å²) >= 11 is 0. The molecule has 0 aromatic carbocycles. The minimum Gasteiger partial charge on any atom is -0.550 e. The molecule has 4 heterocycles. The largest absolute Gasteiger partial charge is 0.550 e. The molecule has 0 radical (unpaired) electrons. The SMILES string of the molecule is CC12C=CC3(CN(CCC[NH+]4CCOCC4)C(=O)C3C1C(=O)[O-])O2. The minimum atomic E-state index is -1.19. The summed E-state index contributed by atoms with van der Waals surface area (Å²) in [5.41, 5.74) is -1.69. The number of quaternary nitrogens is 1. The number of fused-ring (bicyclic) bond motifs is 1. The van der Waals surface area contributed by atoms with E-state index in [0.717, 1.165) is 39.3 Å². The first-order valence-electron chi connectivity index (χ1n) is 8.77. The van der Waals surface area contributed by atoms with Gasteiger partial charge in [-0.25, -0.2) is 0 Å². The number of morpholine rings is 1. The van der Waals surface area contributed by atoms with Crippen molar-refractivity contribution in [2.75, 3.05) is 45.9 Å². The summed E-state index contributed by atoms with van der Waals surface area (Å²) in [5, 5.41) is 11.6. The Balaban J connectivity index is 1.41. The van der Waals surface area contributed by atoms with Crippen LogP contribution in [0.2, 0.25) is 0 Å². The lowest BCUT2D eigenvalue weighted by molar-refractivity contribution is -0.908. The zero-order valence-electron chi connectivity index (χ0n) is 14.0. The molecule has 2 bridgehead atoms. The van der Waals surface area contributed by atoms with E-state index in [2.05, 4.69) is 0 Å². The van der Waals surface area contributed by atoms with Gasteiger partial charge in [-0.05, 0) is 6.92 Å². The lowest BCUT2D eigenvalue weighted by atomic mass is 9.72. The van der Waals surface area contributed by atoms with Gasteiger partial charge < -0.3 is 29.2 Å². The molecule has 7 nitrogen and oxygen atoms in total. The van der Waals surface area contributed by atoms with Gasteiger partial charge in [-0.1, -0.05) is 12.2 Å². The average Bonchev–Trinajstić information content (AvgIpc) is 3.11. The molecule has 0 saturated carbocycles. The predicted octanol–water partition coefficient (Wildman–Crippen LogP) is -2.79. The molecular formula is C17H24N2O5. The number of nitrogens with zero attached hydrogens (tertiary/aromatic N) is 1. The van der Waals surface area contributed by atoms with E-state index in [1.165, 1.54) is 4.90 Å². The molecule has 4 aliphatic heterocycles. The van der Waals surface area contributed by atoms with Crippen LogP contribution in [0.5, 0.6) is 0 Å². The molecule has 3 saturated heterocycles. The van der Waals surface area contributed by atoms with Crippen molar-refractivity contribution < 1.29 is 29.1 Å². The zero-order valence-corrected chi connectivity index (χ0v) is 14.0. The fourth-order valence-corrected chi connectivity index (χ4v) is 4.83. The van der Waals surface area contributed by atoms with Gasteiger partial charge >= 0.3 is 0 Å². The second-order valence-electron chi connectivity index (χ2n) is 7.57. The molecule has 0 aliphatic carbocycles. The molecular weight excluding hydrogens is 312 g/mol. The molecule has 4 aliphatic rings. The third-order valence-electron chi connectivity index (χ3n) is 6.01. The molecule has 0 aromatic rings. The van der Waals surface area contributed by atoms with E-state index in [1.54, 1.807) is 17.9 Å². The Morgan fingerprint density at radius 1 is 1.42 bits per heavy atom. The van der Waals surface area contributed by atoms with E-state index in [9.17, 15) is 14.7 Å². The summed E-state index contributed by atoms with van der Waals surface area (Å²) in [6.07, 6.45) is 4.59. The Bertz CT molecular complexity index is 588. The van der Waals surface area contributed by atoms with E-state index >= 15 is 0 Å². The van der Waals surface area contributed by atoms with Crippen molar-refractivity contribution in [3.05, 3.63) is 12.2 Å². The van der Waals surface area contributed by atoms with Gasteiger partial charge in [0.15, 0.2) is 0 Å². The first-order valence-corrected chi connectivity index (χ1v) is 8.77. The van der Waals surface area contributed by atoms with Crippen molar-refractivity contribution in [3.8, 4) is 0 Å². The Morgan fingerprint density at radius 3 is 2.88 bits per heavy atom. The molecule has 24 heavy (non-hydrogen) atoms. The van der Waals surface area contributed by atoms with E-state index in [1.807, 2.05) is 6.08 Å². The summed E-state index contributed by atoms with van der Waals surface area (Å²) in [6, 6.07) is 0. The molecule has 4 unspecified atom stereocenters. The lowest BCUT2D eigenvalue weighted by Gasteiger charge is -2.31. The number of carbonyl (C=O) groups is 2. The van der Waals surface area contributed by atoms with Crippen LogP contribution in [0.15, 0.2) is 12.2 Å². The van der Waals surface area contributed by atoms with Crippen LogP contribution in [0.3, 0.4) is 0 Å². The van der Waals surface area contributed by atoms with Crippen LogP contribution < -0.4 is 10.0 Å². The minimum absolute atomic E-state index is 0.103. The molecule has 4 atom stereocenters. The fraction of sp³-hybridized carbons (Fsp3) is 0.765. The number of carboxylic acid groups (broad SMARTS) is 1. The van der Waals surface area contributed by atoms with Crippen molar-refractivity contribution >= 4 is 11.9 Å². The van der Waals surface area contributed by atoms with Crippen LogP contribution in [0.1, 0.15) is 13.3 Å². The van der Waals surface area contributed by atoms with Crippen molar-refractivity contribution in [2.45, 2.75) is 24.5 Å². The summed E-state index contributed by atoms with van der Waals surface area (Å²) in [6.45, 7) is 7.45. The first kappa shape index (κ1) is 16.1. The topological polar surface area (TPSA) is 83.3 Å². The standard InChI is InChI=1S/C17H24N2O5/c1-16-3-4-17(24-16)11-19(14(20)12(17)13(16)15(21)22)6-2-5-18-7-9-23-10-8-18/h3-4,12-13H,2,5-11H2,1H3,(H,21,22). The van der Waals surface area contributed by atoms with E-state index in [-0.39, 0.29) is 5.91 Å². The maximum absolute atomic E-state index is 12.8. The predicted molar refractivity (Wildman–Crippen MR) is 80.9 cm³/mol. The van der Waals surface area contributed by atoms with Crippen molar-refractivity contribution in [3.63, 3.8) is 0 Å². The summed E-state index contributed by atoms with van der Waals surface area (Å²) < 4.78 is 11.4. The number of rotatable bonds is 5. The molecule has 4 rings (SSSR count). The number of aliphatic carboxylic acids is 1. The molecule has 132 valence electrons. The molecule has 1 N–H and O–H groups in total. The maximum Gasteiger partial charge on any atom is 0.229 e. The van der Waals surface area contributed by atoms with E-state index in [0.29, 0.717) is 13.1 Å². The van der Waals surface area contributed by atoms with Crippen LogP contribution in [0.25, 0.3) is 0 Å². The third-order valence-corrected chi connectivity index (χ3v) is 6.01. The van der Waals surface area contributed by atoms with Gasteiger partial charge in [0.1, 0.15) is 18.7 Å². The van der Waals surface area contributed by atoms with Gasteiger partial charge in [-0.3, -0.25) is 4.79 Å². The Labute approximate surface area is 141 Å². The van der Waals surface area contributed by atoms with Crippen LogP contribution in [0, 0.1) is 11.8 Å². The van der Waals surface area contributed by atoms with E-state index in [4.69, 9.17) is 9.47 Å². The number of ether oxygens (including phenoxy) is 2. The normalized spacial score (nSPS) is 41.2. The number of hydrogen-bond acceptors (Lipinski definition) is 5. The molecule has 3 fully saturated rings. The first-order chi connectivity index (χ1) is 11.5. The Morgan fingerprint density at radius 2 is 2.17 bits per heavy atom. The van der Waals surface area contributed by atoms with Gasteiger partial charge in [0.25, 0.3) is 0 Å². The lowest BCUT2D eigenvalue weighted by Crippen LogP contribution is -3.14. The van der Waals surface area contributed by atoms with E-state index < -0.39 is 29.0 Å². The number of likely N-dealkylation sites (tertiary alicyclic amines) is 1. The zero-order chi connectivity index (χ0) is 16.9. The number of nitrogens with one attached hydrogen (secondary N) is 1. The number of hydrogen-bond donors (Lipinski definition) is 1. The van der Waals surface area contributed by atoms with Crippen LogP contribution in [-0.2, 0) is 19.1 Å². The number of carboxylic acids is 1. The molecule has 1 spiro atoms. The van der Waals surface area contributed by atoms with Gasteiger partial charge in [-0.2, -0.15) is 0 Å². The molecule has 1 amide bonds. The molecule has 0 aromatic heterocycles. The van der Waals surface area contributed by atoms with Gasteiger partial charge in [0.05, 0.1) is 37.8 Å². The highest BCUT2D eigenvalue weighted by Gasteiger charge is 2.69. The second-order valence-corrected chi connectivity index (χ2v) is 7.57. The second kappa shape index (κ2) is 5.54. The smallest absolute Gasteiger partial charge is 0.229 e. The molecule has 7 heteroatoms. The highest BCUT2D eigenvalue weighted by Crippen LogP contribution is 2.56. The highest BCUT2D eigenvalue weighted by molar-refractivity contribution is 5.90. The van der Waals surface area contributed by atoms with Gasteiger partial charge in [0.2, 0.25) is 5.91 Å². The summed E-state index contributed by atoms with van der Waals surface area (Å²) in [4.78, 5) is 27.7. The van der Waals surface area contributed by atoms with Crippen molar-refractivity contribution in [1.82, 2.24) is 4.90 Å². The van der Waals surface area contributed by atoms with Crippen LogP contribution >= 0.6 is 0 Å². The average molecular weight is 336 g/mol. The summed E-state index contributed by atoms with van der Waals surface area (Å²) in [7, 11) is 0. The third kappa shape index (κ3) is 2.29. The number of amides is 1. The van der Waals surface area contributed by atoms with Crippen molar-refractivity contribution in [2.24, 2.45) is 11.8 Å². The van der Waals surface area contributed by atoms with Crippen LogP contribution in [0.4, 0.5) is 0 Å².